The number of aromatic nitrogens is 2. The van der Waals surface area contributed by atoms with E-state index in [0.29, 0.717) is 31.9 Å². The van der Waals surface area contributed by atoms with E-state index in [1.54, 1.807) is 30.0 Å². The summed E-state index contributed by atoms with van der Waals surface area (Å²) < 4.78 is 65.8. The van der Waals surface area contributed by atoms with E-state index in [-0.39, 0.29) is 67.8 Å². The van der Waals surface area contributed by atoms with Crippen molar-refractivity contribution in [2.45, 2.75) is 71.6 Å². The highest BCUT2D eigenvalue weighted by molar-refractivity contribution is 7.86. The van der Waals surface area contributed by atoms with Crippen molar-refractivity contribution >= 4 is 89.7 Å². The van der Waals surface area contributed by atoms with E-state index >= 15 is 0 Å². The first-order chi connectivity index (χ1) is 28.3. The standard InChI is InChI=1S/C39H48Cl2N8O9S2/c1-6-9-17-48(18-10-7-2)39(52)35-25(4)46-49(36-31(40)22-28(23-32(36)41)43-38(51)27-13-11-14-30(21-27)60(56,57)58)37(35)45-44-33-16-15-29(24-34(33)42-26(5)50)47(8-3)19-12-20-59(53,54)55/h11,13-16,21-24H,6-10,12,17-20H2,1-5H3,(H,42,50)(H,43,51)(H,53,54,55)(H,56,57,58). The number of benzene rings is 3. The summed E-state index contributed by atoms with van der Waals surface area (Å²) in [7, 11) is -8.73. The lowest BCUT2D eigenvalue weighted by Crippen LogP contribution is -2.33. The molecule has 17 nitrogen and oxygen atoms in total. The molecule has 0 fully saturated rings. The Morgan fingerprint density at radius 3 is 2.07 bits per heavy atom. The Morgan fingerprint density at radius 2 is 1.50 bits per heavy atom. The van der Waals surface area contributed by atoms with Gasteiger partial charge in [0.25, 0.3) is 32.1 Å². The van der Waals surface area contributed by atoms with Crippen LogP contribution in [-0.2, 0) is 25.0 Å². The summed E-state index contributed by atoms with van der Waals surface area (Å²) in [4.78, 5) is 43.0. The fourth-order valence-electron chi connectivity index (χ4n) is 6.13. The van der Waals surface area contributed by atoms with Crippen LogP contribution >= 0.6 is 23.2 Å². The zero-order chi connectivity index (χ0) is 44.4. The van der Waals surface area contributed by atoms with E-state index in [4.69, 9.17) is 23.2 Å². The second kappa shape index (κ2) is 21.0. The lowest BCUT2D eigenvalue weighted by molar-refractivity contribution is -0.114. The molecule has 21 heteroatoms. The predicted molar refractivity (Wildman–Crippen MR) is 232 cm³/mol. The van der Waals surface area contributed by atoms with Crippen molar-refractivity contribution in [1.82, 2.24) is 14.7 Å². The quantitative estimate of drug-likeness (QED) is 0.0485. The van der Waals surface area contributed by atoms with Gasteiger partial charge in [0.05, 0.1) is 32.1 Å². The van der Waals surface area contributed by atoms with Crippen molar-refractivity contribution in [2.75, 3.05) is 47.5 Å². The van der Waals surface area contributed by atoms with Crippen LogP contribution in [0.15, 0.2) is 69.7 Å². The number of amides is 3. The molecule has 0 saturated heterocycles. The van der Waals surface area contributed by atoms with Gasteiger partial charge in [0, 0.05) is 50.0 Å². The van der Waals surface area contributed by atoms with Crippen molar-refractivity contribution in [2.24, 2.45) is 10.2 Å². The number of carbonyl (C=O) groups excluding carboxylic acids is 3. The summed E-state index contributed by atoms with van der Waals surface area (Å²) in [6.07, 6.45) is 3.35. The van der Waals surface area contributed by atoms with Gasteiger partial charge < -0.3 is 20.4 Å². The van der Waals surface area contributed by atoms with Gasteiger partial charge in [-0.1, -0.05) is 56.0 Å². The molecule has 4 rings (SSSR count). The summed E-state index contributed by atoms with van der Waals surface area (Å²) in [5.41, 5.74) is 1.66. The molecule has 0 spiro atoms. The van der Waals surface area contributed by atoms with E-state index in [9.17, 15) is 40.3 Å². The van der Waals surface area contributed by atoms with Crippen molar-refractivity contribution in [3.63, 3.8) is 0 Å². The first kappa shape index (κ1) is 47.8. The van der Waals surface area contributed by atoms with E-state index < -0.39 is 42.7 Å². The van der Waals surface area contributed by atoms with Crippen molar-refractivity contribution in [1.29, 1.82) is 0 Å². The third-order valence-corrected chi connectivity index (χ3v) is 11.3. The van der Waals surface area contributed by atoms with Gasteiger partial charge in [-0.25, -0.2) is 4.68 Å². The lowest BCUT2D eigenvalue weighted by Gasteiger charge is -2.24. The van der Waals surface area contributed by atoms with Crippen molar-refractivity contribution in [3.8, 4) is 5.69 Å². The molecule has 0 bridgehead atoms. The number of halogens is 2. The van der Waals surface area contributed by atoms with Crippen LogP contribution in [0.3, 0.4) is 0 Å². The van der Waals surface area contributed by atoms with Crippen LogP contribution in [0.25, 0.3) is 5.69 Å². The third kappa shape index (κ3) is 12.8. The van der Waals surface area contributed by atoms with Gasteiger partial charge in [-0.05, 0) is 81.6 Å². The minimum Gasteiger partial charge on any atom is -0.372 e. The van der Waals surface area contributed by atoms with Crippen LogP contribution in [0.4, 0.5) is 28.6 Å². The number of anilines is 3. The van der Waals surface area contributed by atoms with Crippen LogP contribution in [0.1, 0.15) is 86.2 Å². The Morgan fingerprint density at radius 1 is 0.850 bits per heavy atom. The van der Waals surface area contributed by atoms with Crippen LogP contribution in [-0.4, -0.2) is 90.3 Å². The second-order valence-electron chi connectivity index (χ2n) is 13.7. The minimum absolute atomic E-state index is 0.0202. The number of unbranched alkanes of at least 4 members (excludes halogenated alkanes) is 2. The van der Waals surface area contributed by atoms with Crippen molar-refractivity contribution < 1.29 is 40.3 Å². The van der Waals surface area contributed by atoms with Gasteiger partial charge in [0.1, 0.15) is 16.9 Å². The number of azo groups is 1. The highest BCUT2D eigenvalue weighted by atomic mass is 35.5. The topological polar surface area (TPSA) is 233 Å². The zero-order valence-corrected chi connectivity index (χ0v) is 36.9. The number of carbonyl (C=O) groups is 3. The Balaban J connectivity index is 1.84. The molecule has 0 radical (unpaired) electrons. The average Bonchev–Trinajstić information content (AvgIpc) is 3.49. The fourth-order valence-corrected chi connectivity index (χ4v) is 7.80. The maximum atomic E-state index is 14.4. The molecule has 0 aliphatic carbocycles. The Kier molecular flexibility index (Phi) is 16.8. The number of aryl methyl sites for hydroxylation is 1. The predicted octanol–water partition coefficient (Wildman–Crippen LogP) is 8.51. The molecule has 1 aromatic heterocycles. The van der Waals surface area contributed by atoms with E-state index in [1.807, 2.05) is 25.7 Å². The first-order valence-corrected chi connectivity index (χ1v) is 22.9. The molecule has 3 amide bonds. The normalized spacial score (nSPS) is 11.8. The summed E-state index contributed by atoms with van der Waals surface area (Å²) in [6, 6.07) is 12.5. The molecule has 0 saturated carbocycles. The average molecular weight is 908 g/mol. The molecule has 0 aliphatic rings. The van der Waals surface area contributed by atoms with E-state index in [0.717, 1.165) is 37.8 Å². The smallest absolute Gasteiger partial charge is 0.294 e. The van der Waals surface area contributed by atoms with Crippen LogP contribution in [0, 0.1) is 6.92 Å². The van der Waals surface area contributed by atoms with Crippen LogP contribution in [0.5, 0.6) is 0 Å². The molecule has 0 unspecified atom stereocenters. The second-order valence-corrected chi connectivity index (χ2v) is 17.6. The number of hydrogen-bond acceptors (Lipinski definition) is 11. The van der Waals surface area contributed by atoms with Gasteiger partial charge in [0.15, 0.2) is 5.82 Å². The molecule has 0 atom stereocenters. The van der Waals surface area contributed by atoms with Crippen molar-refractivity contribution in [3.05, 3.63) is 81.5 Å². The van der Waals surface area contributed by atoms with Crippen LogP contribution < -0.4 is 15.5 Å². The lowest BCUT2D eigenvalue weighted by atomic mass is 10.1. The maximum absolute atomic E-state index is 14.4. The van der Waals surface area contributed by atoms with E-state index in [2.05, 4.69) is 26.0 Å². The number of nitrogens with zero attached hydrogens (tertiary/aromatic N) is 6. The Hall–Kier alpha value is -4.92. The zero-order valence-electron chi connectivity index (χ0n) is 33.8. The SMILES string of the molecule is CCCCN(CCCC)C(=O)c1c(C)nn(-c2c(Cl)cc(NC(=O)c3cccc(S(=O)(=O)O)c3)cc2Cl)c1N=Nc1ccc(N(CC)CCCS(=O)(=O)O)cc1NC(C)=O. The number of nitrogens with one attached hydrogen (secondary N) is 2. The molecule has 3 aromatic carbocycles. The van der Waals surface area contributed by atoms with Gasteiger partial charge in [-0.15, -0.1) is 10.2 Å². The Bertz CT molecular complexity index is 2450. The highest BCUT2D eigenvalue weighted by Crippen LogP contribution is 2.39. The maximum Gasteiger partial charge on any atom is 0.294 e. The molecular weight excluding hydrogens is 860 g/mol. The molecule has 4 aromatic rings. The number of hydrogen-bond donors (Lipinski definition) is 4. The summed E-state index contributed by atoms with van der Waals surface area (Å²) >= 11 is 13.7. The summed E-state index contributed by atoms with van der Waals surface area (Å²) in [5.74, 6) is -1.93. The summed E-state index contributed by atoms with van der Waals surface area (Å²) in [6.45, 7) is 10.6. The molecule has 4 N–H and O–H groups in total. The van der Waals surface area contributed by atoms with Gasteiger partial charge in [-0.2, -0.15) is 21.9 Å². The van der Waals surface area contributed by atoms with E-state index in [1.165, 1.54) is 35.9 Å². The minimum atomic E-state index is -4.57. The fraction of sp³-hybridized carbons (Fsp3) is 0.385. The Labute approximate surface area is 359 Å². The van der Waals surface area contributed by atoms with Crippen LogP contribution in [0.2, 0.25) is 10.0 Å². The summed E-state index contributed by atoms with van der Waals surface area (Å²) in [5, 5.41) is 19.0. The number of rotatable bonds is 20. The first-order valence-electron chi connectivity index (χ1n) is 19.1. The van der Waals surface area contributed by atoms with Gasteiger partial charge in [0.2, 0.25) is 5.91 Å². The molecule has 1 heterocycles. The largest absolute Gasteiger partial charge is 0.372 e. The molecule has 0 aliphatic heterocycles. The molecular formula is C39H48Cl2N8O9S2. The van der Waals surface area contributed by atoms with Gasteiger partial charge in [-0.3, -0.25) is 23.5 Å². The van der Waals surface area contributed by atoms with Gasteiger partial charge >= 0.3 is 0 Å². The highest BCUT2D eigenvalue weighted by Gasteiger charge is 2.29. The monoisotopic (exact) mass is 906 g/mol. The third-order valence-electron chi connectivity index (χ3n) is 9.10. The molecule has 324 valence electrons. The molecule has 60 heavy (non-hydrogen) atoms.